The van der Waals surface area contributed by atoms with Crippen LogP contribution in [0.3, 0.4) is 0 Å². The zero-order valence-corrected chi connectivity index (χ0v) is 33.9. The molecular weight excluding hydrogens is 838 g/mol. The van der Waals surface area contributed by atoms with Gasteiger partial charge in [0.1, 0.15) is 28.7 Å². The monoisotopic (exact) mass is 882 g/mol. The van der Waals surface area contributed by atoms with E-state index in [9.17, 15) is 43.6 Å². The second-order valence-corrected chi connectivity index (χ2v) is 13.4. The minimum atomic E-state index is -1.72. The van der Waals surface area contributed by atoms with Gasteiger partial charge in [0.05, 0.1) is 50.1 Å². The molecule has 0 radical (unpaired) electrons. The van der Waals surface area contributed by atoms with Gasteiger partial charge in [-0.3, -0.25) is 39.2 Å². The summed E-state index contributed by atoms with van der Waals surface area (Å²) in [6.45, 7) is 2.52. The lowest BCUT2D eigenvalue weighted by molar-refractivity contribution is -0.154. The first-order chi connectivity index (χ1) is 30.2. The highest BCUT2D eigenvalue weighted by atomic mass is 19.1. The molecule has 2 aromatic heterocycles. The summed E-state index contributed by atoms with van der Waals surface area (Å²) >= 11 is 0. The van der Waals surface area contributed by atoms with Crippen LogP contribution in [0.5, 0.6) is 5.75 Å². The van der Waals surface area contributed by atoms with Crippen molar-refractivity contribution >= 4 is 48.4 Å². The Hall–Kier alpha value is -7.46. The van der Waals surface area contributed by atoms with Gasteiger partial charge >= 0.3 is 11.9 Å². The van der Waals surface area contributed by atoms with Crippen molar-refractivity contribution in [2.75, 3.05) is 33.0 Å². The number of hydroxylamine groups is 4. The van der Waals surface area contributed by atoms with Crippen LogP contribution in [-0.4, -0.2) is 102 Å². The fourth-order valence-electron chi connectivity index (χ4n) is 5.78. The topological polar surface area (TPSA) is 276 Å². The fraction of sp³-hybridized carbons (Fsp3) is 0.317. The Bertz CT molecular complexity index is 2300. The van der Waals surface area contributed by atoms with E-state index in [-0.39, 0.29) is 97.3 Å². The number of esters is 2. The molecule has 4 rings (SSSR count). The molecule has 0 saturated heterocycles. The fourth-order valence-corrected chi connectivity index (χ4v) is 5.78. The summed E-state index contributed by atoms with van der Waals surface area (Å²) in [5.41, 5.74) is -1.89. The van der Waals surface area contributed by atoms with Crippen molar-refractivity contribution in [3.05, 3.63) is 88.9 Å². The predicted molar refractivity (Wildman–Crippen MR) is 211 cm³/mol. The van der Waals surface area contributed by atoms with Gasteiger partial charge in [0, 0.05) is 12.0 Å². The Morgan fingerprint density at radius 1 is 0.778 bits per heavy atom. The Labute approximate surface area is 357 Å². The van der Waals surface area contributed by atoms with E-state index in [1.54, 1.807) is 6.92 Å². The Kier molecular flexibility index (Phi) is 18.0. The summed E-state index contributed by atoms with van der Waals surface area (Å²) < 4.78 is 52.3. The number of carbonyl (C=O) groups is 8. The molecule has 0 aliphatic carbocycles. The number of unbranched alkanes of at least 4 members (excludes halogenated alkanes) is 2. The molecule has 22 heteroatoms. The van der Waals surface area contributed by atoms with Crippen molar-refractivity contribution in [3.8, 4) is 28.4 Å². The van der Waals surface area contributed by atoms with Crippen molar-refractivity contribution < 1.29 is 75.9 Å². The maximum atomic E-state index is 15.8. The number of halogens is 2. The standard InChI is InChI=1S/C41H44F2N6O14/c1-3-5-6-7-24(19-49(59)23-51)37(53)45-21-47-39(55)33-13-11-31(62-33)28-8-9-29(42)35(36(28)43)41(57)63-40(56)26-16-25(17-27(18-26)60-4-2)30-10-12-32(61-30)38(54)46-20-44-34(52)14-15-48(58)22-50/h8-13,16-18,22-24,58-59H,3-7,14-15,19-21H2,1-2H3,(H,44,52)(H,45,53)(H,46,54)(H,47,55). The van der Waals surface area contributed by atoms with E-state index in [0.717, 1.165) is 37.1 Å². The second-order valence-electron chi connectivity index (χ2n) is 13.4. The molecule has 0 aliphatic heterocycles. The second kappa shape index (κ2) is 23.5. The molecule has 63 heavy (non-hydrogen) atoms. The third-order valence-corrected chi connectivity index (χ3v) is 8.94. The van der Waals surface area contributed by atoms with Gasteiger partial charge in [-0.1, -0.05) is 26.2 Å². The molecule has 0 bridgehead atoms. The quantitative estimate of drug-likeness (QED) is 0.0111. The number of amides is 6. The summed E-state index contributed by atoms with van der Waals surface area (Å²) in [5, 5.41) is 28.9. The number of benzene rings is 2. The smallest absolute Gasteiger partial charge is 0.352 e. The SMILES string of the molecule is CCCCCC(CN(O)C=O)C(=O)NCNC(=O)c1ccc(-c2ccc(F)c(C(=O)OC(=O)c3cc(OCC)cc(-c4ccc(C(=O)NCNC(=O)CCN(O)C=O)o4)c3)c2F)o1. The summed E-state index contributed by atoms with van der Waals surface area (Å²) in [6, 6.07) is 10.5. The highest BCUT2D eigenvalue weighted by Crippen LogP contribution is 2.31. The summed E-state index contributed by atoms with van der Waals surface area (Å²) in [5.74, 6) is -10.1. The molecule has 2 heterocycles. The van der Waals surface area contributed by atoms with Crippen LogP contribution in [0.15, 0.2) is 63.4 Å². The lowest BCUT2D eigenvalue weighted by atomic mass is 10.0. The predicted octanol–water partition coefficient (Wildman–Crippen LogP) is 3.77. The van der Waals surface area contributed by atoms with E-state index in [4.69, 9.17) is 23.5 Å². The molecule has 0 saturated carbocycles. The first-order valence-electron chi connectivity index (χ1n) is 19.3. The van der Waals surface area contributed by atoms with Gasteiger partial charge in [-0.25, -0.2) is 28.5 Å². The molecular formula is C41H44F2N6O14. The molecule has 336 valence electrons. The largest absolute Gasteiger partial charge is 0.494 e. The van der Waals surface area contributed by atoms with Crippen molar-refractivity contribution in [1.29, 1.82) is 0 Å². The Morgan fingerprint density at radius 2 is 1.43 bits per heavy atom. The number of furan rings is 2. The molecule has 1 atom stereocenters. The highest BCUT2D eigenvalue weighted by molar-refractivity contribution is 6.04. The van der Waals surface area contributed by atoms with Crippen LogP contribution >= 0.6 is 0 Å². The summed E-state index contributed by atoms with van der Waals surface area (Å²) in [6.07, 6.45) is 2.79. The van der Waals surface area contributed by atoms with Gasteiger partial charge in [0.2, 0.25) is 24.6 Å². The number of nitrogens with one attached hydrogen (secondary N) is 4. The normalized spacial score (nSPS) is 11.1. The Morgan fingerprint density at radius 3 is 2.08 bits per heavy atom. The first-order valence-corrected chi connectivity index (χ1v) is 19.3. The molecule has 6 N–H and O–H groups in total. The third-order valence-electron chi connectivity index (χ3n) is 8.94. The van der Waals surface area contributed by atoms with Gasteiger partial charge in [-0.05, 0) is 67.9 Å². The number of carbonyl (C=O) groups excluding carboxylic acids is 8. The van der Waals surface area contributed by atoms with E-state index < -0.39 is 64.2 Å². The third kappa shape index (κ3) is 13.8. The van der Waals surface area contributed by atoms with Crippen LogP contribution in [0.4, 0.5) is 8.78 Å². The zero-order valence-electron chi connectivity index (χ0n) is 33.9. The van der Waals surface area contributed by atoms with Crippen LogP contribution < -0.4 is 26.0 Å². The van der Waals surface area contributed by atoms with Crippen LogP contribution in [0.25, 0.3) is 22.6 Å². The average molecular weight is 883 g/mol. The Balaban J connectivity index is 1.42. The van der Waals surface area contributed by atoms with E-state index in [2.05, 4.69) is 21.3 Å². The number of hydrogen-bond donors (Lipinski definition) is 6. The van der Waals surface area contributed by atoms with E-state index in [0.29, 0.717) is 17.9 Å². The lowest BCUT2D eigenvalue weighted by Crippen LogP contribution is -2.42. The maximum absolute atomic E-state index is 15.8. The van der Waals surface area contributed by atoms with E-state index in [1.165, 1.54) is 30.3 Å². The minimum Gasteiger partial charge on any atom is -0.494 e. The molecule has 20 nitrogen and oxygen atoms in total. The van der Waals surface area contributed by atoms with Crippen molar-refractivity contribution in [2.24, 2.45) is 5.92 Å². The summed E-state index contributed by atoms with van der Waals surface area (Å²) in [4.78, 5) is 97.7. The number of hydrogen-bond acceptors (Lipinski definition) is 14. The van der Waals surface area contributed by atoms with E-state index in [1.807, 2.05) is 6.92 Å². The number of rotatable bonds is 24. The van der Waals surface area contributed by atoms with Crippen molar-refractivity contribution in [3.63, 3.8) is 0 Å². The molecule has 2 aromatic carbocycles. The van der Waals surface area contributed by atoms with Gasteiger partial charge < -0.3 is 39.6 Å². The van der Waals surface area contributed by atoms with Gasteiger partial charge in [-0.15, -0.1) is 0 Å². The van der Waals surface area contributed by atoms with Crippen molar-refractivity contribution in [2.45, 2.75) is 46.0 Å². The van der Waals surface area contributed by atoms with Crippen LogP contribution in [-0.2, 0) is 23.9 Å². The maximum Gasteiger partial charge on any atom is 0.352 e. The minimum absolute atomic E-state index is 0.0423. The van der Waals surface area contributed by atoms with Gasteiger partial charge in [0.25, 0.3) is 11.8 Å². The molecule has 0 aliphatic rings. The highest BCUT2D eigenvalue weighted by Gasteiger charge is 2.28. The van der Waals surface area contributed by atoms with Crippen LogP contribution in [0.1, 0.15) is 87.8 Å². The van der Waals surface area contributed by atoms with Gasteiger partial charge in [0.15, 0.2) is 17.3 Å². The molecule has 6 amide bonds. The first kappa shape index (κ1) is 48.2. The van der Waals surface area contributed by atoms with Gasteiger partial charge in [-0.2, -0.15) is 0 Å². The summed E-state index contributed by atoms with van der Waals surface area (Å²) in [7, 11) is 0. The van der Waals surface area contributed by atoms with E-state index >= 15 is 8.78 Å². The van der Waals surface area contributed by atoms with Crippen LogP contribution in [0, 0.1) is 17.6 Å². The van der Waals surface area contributed by atoms with Crippen LogP contribution in [0.2, 0.25) is 0 Å². The zero-order chi connectivity index (χ0) is 46.1. The molecule has 0 fully saturated rings. The molecule has 1 unspecified atom stereocenters. The molecule has 4 aromatic rings. The number of ether oxygens (including phenoxy) is 2. The number of nitrogens with zero attached hydrogens (tertiary/aromatic N) is 2. The van der Waals surface area contributed by atoms with Crippen molar-refractivity contribution in [1.82, 2.24) is 31.4 Å². The average Bonchev–Trinajstić information content (AvgIpc) is 3.97. The molecule has 0 spiro atoms. The lowest BCUT2D eigenvalue weighted by Gasteiger charge is -2.19.